The lowest BCUT2D eigenvalue weighted by molar-refractivity contribution is -0.169. The first-order valence-electron chi connectivity index (χ1n) is 12.3. The Morgan fingerprint density at radius 2 is 1.67 bits per heavy atom. The summed E-state index contributed by atoms with van der Waals surface area (Å²) in [5.41, 5.74) is 0.177. The van der Waals surface area contributed by atoms with Gasteiger partial charge in [0.1, 0.15) is 0 Å². The smallest absolute Gasteiger partial charge is 0.257 e. The molecule has 0 radical (unpaired) electrons. The molecule has 4 rings (SSSR count). The number of hydrogen-bond donors (Lipinski definition) is 0. The van der Waals surface area contributed by atoms with Crippen LogP contribution in [0.3, 0.4) is 0 Å². The van der Waals surface area contributed by atoms with Crippen LogP contribution < -0.4 is 0 Å². The van der Waals surface area contributed by atoms with Crippen LogP contribution in [0.2, 0.25) is 18.1 Å². The highest BCUT2D eigenvalue weighted by atomic mass is 28.4. The highest BCUT2D eigenvalue weighted by Crippen LogP contribution is 2.65. The van der Waals surface area contributed by atoms with Crippen molar-refractivity contribution in [2.24, 2.45) is 28.6 Å². The van der Waals surface area contributed by atoms with E-state index >= 15 is 0 Å². The number of carbonyl (C=O) groups excluding carboxylic acids is 1. The number of fused-ring (bicyclic) bond motifs is 5. The Morgan fingerprint density at radius 3 is 2.30 bits per heavy atom. The average Bonchev–Trinajstić information content (AvgIpc) is 2.95. The number of piperidine rings is 1. The molecule has 0 aromatic carbocycles. The minimum Gasteiger partial charge on any atom is -0.413 e. The van der Waals surface area contributed by atoms with Gasteiger partial charge in [0.15, 0.2) is 14.5 Å². The molecular formula is C25H44FNO2Si. The molecule has 1 saturated heterocycles. The van der Waals surface area contributed by atoms with Crippen molar-refractivity contribution >= 4 is 14.2 Å². The molecule has 1 aliphatic heterocycles. The van der Waals surface area contributed by atoms with E-state index in [1.165, 1.54) is 25.7 Å². The maximum atomic E-state index is 14.7. The number of carbonyl (C=O) groups is 1. The van der Waals surface area contributed by atoms with E-state index in [4.69, 9.17) is 4.43 Å². The number of rotatable bonds is 2. The second-order valence-electron chi connectivity index (χ2n) is 13.1. The summed E-state index contributed by atoms with van der Waals surface area (Å²) in [6.07, 6.45) is 6.49. The Kier molecular flexibility index (Phi) is 5.34. The number of nitrogens with zero attached hydrogens (tertiary/aromatic N) is 1. The van der Waals surface area contributed by atoms with Gasteiger partial charge in [-0.05, 0) is 91.7 Å². The molecule has 5 heteroatoms. The highest BCUT2D eigenvalue weighted by Gasteiger charge is 2.63. The molecule has 1 amide bonds. The van der Waals surface area contributed by atoms with Gasteiger partial charge in [-0.15, -0.1) is 0 Å². The van der Waals surface area contributed by atoms with E-state index in [1.807, 2.05) is 7.05 Å². The van der Waals surface area contributed by atoms with E-state index in [0.717, 1.165) is 12.8 Å². The molecule has 3 saturated carbocycles. The molecule has 0 bridgehead atoms. The fourth-order valence-electron chi connectivity index (χ4n) is 7.89. The van der Waals surface area contributed by atoms with Crippen LogP contribution in [0.5, 0.6) is 0 Å². The largest absolute Gasteiger partial charge is 0.413 e. The molecule has 0 spiro atoms. The number of alkyl halides is 1. The Labute approximate surface area is 184 Å². The highest BCUT2D eigenvalue weighted by molar-refractivity contribution is 6.74. The van der Waals surface area contributed by atoms with E-state index < -0.39 is 14.5 Å². The van der Waals surface area contributed by atoms with Crippen molar-refractivity contribution in [3.05, 3.63) is 0 Å². The summed E-state index contributed by atoms with van der Waals surface area (Å²) < 4.78 is 21.7. The standard InChI is InChI=1S/C25H44FNO2Si/c1-23(2,3)30(7,8)29-21-12-10-17-16-9-11-20-25(5,15-19(26)22(28)27(20)6)18(16)13-14-24(17,21)4/h16-21H,9-15H2,1-8H3/t16-,17-,18+,19?,20?,21?,24-,25+/m0/s1. The van der Waals surface area contributed by atoms with Crippen LogP contribution in [0.1, 0.15) is 79.6 Å². The van der Waals surface area contributed by atoms with Crippen molar-refractivity contribution in [3.8, 4) is 0 Å². The summed E-state index contributed by atoms with van der Waals surface area (Å²) in [6.45, 7) is 16.6. The number of amides is 1. The zero-order valence-corrected chi connectivity index (χ0v) is 21.6. The predicted octanol–water partition coefficient (Wildman–Crippen LogP) is 6.19. The molecule has 4 fully saturated rings. The van der Waals surface area contributed by atoms with Crippen LogP contribution in [0.15, 0.2) is 0 Å². The van der Waals surface area contributed by atoms with Crippen LogP contribution in [-0.2, 0) is 9.22 Å². The maximum Gasteiger partial charge on any atom is 0.257 e. The second kappa shape index (κ2) is 7.04. The van der Waals surface area contributed by atoms with Gasteiger partial charge >= 0.3 is 0 Å². The van der Waals surface area contributed by atoms with Crippen LogP contribution in [0.4, 0.5) is 4.39 Å². The number of hydrogen-bond acceptors (Lipinski definition) is 2. The van der Waals surface area contributed by atoms with Crippen molar-refractivity contribution in [1.82, 2.24) is 4.90 Å². The van der Waals surface area contributed by atoms with E-state index in [2.05, 4.69) is 47.7 Å². The van der Waals surface area contributed by atoms with Crippen LogP contribution >= 0.6 is 0 Å². The first kappa shape index (κ1) is 22.8. The summed E-state index contributed by atoms with van der Waals surface area (Å²) >= 11 is 0. The Bertz CT molecular complexity index is 706. The van der Waals surface area contributed by atoms with Gasteiger partial charge in [-0.25, -0.2) is 4.39 Å². The Morgan fingerprint density at radius 1 is 1.03 bits per heavy atom. The Hall–Kier alpha value is -0.423. The molecule has 3 nitrogen and oxygen atoms in total. The lowest BCUT2D eigenvalue weighted by Crippen LogP contribution is -2.64. The normalized spacial score (nSPS) is 47.0. The van der Waals surface area contributed by atoms with Crippen molar-refractivity contribution in [2.45, 2.75) is 116 Å². The third kappa shape index (κ3) is 3.15. The molecule has 0 aromatic rings. The third-order valence-electron chi connectivity index (χ3n) is 10.7. The molecule has 172 valence electrons. The van der Waals surface area contributed by atoms with E-state index in [-0.39, 0.29) is 27.8 Å². The lowest BCUT2D eigenvalue weighted by Gasteiger charge is -2.62. The molecule has 0 N–H and O–H groups in total. The van der Waals surface area contributed by atoms with Crippen molar-refractivity contribution in [3.63, 3.8) is 0 Å². The zero-order chi connectivity index (χ0) is 22.3. The summed E-state index contributed by atoms with van der Waals surface area (Å²) in [6, 6.07) is 0.211. The first-order valence-corrected chi connectivity index (χ1v) is 15.2. The van der Waals surface area contributed by atoms with Crippen LogP contribution in [0.25, 0.3) is 0 Å². The fraction of sp³-hybridized carbons (Fsp3) is 0.960. The molecular weight excluding hydrogens is 393 g/mol. The monoisotopic (exact) mass is 437 g/mol. The van der Waals surface area contributed by atoms with Gasteiger partial charge in [-0.2, -0.15) is 0 Å². The van der Waals surface area contributed by atoms with Gasteiger partial charge in [0.25, 0.3) is 5.91 Å². The van der Waals surface area contributed by atoms with E-state index in [9.17, 15) is 9.18 Å². The third-order valence-corrected chi connectivity index (χ3v) is 15.2. The molecule has 3 aliphatic carbocycles. The van der Waals surface area contributed by atoms with E-state index in [0.29, 0.717) is 30.3 Å². The molecule has 30 heavy (non-hydrogen) atoms. The number of likely N-dealkylation sites (tertiary alicyclic amines) is 1. The van der Waals surface area contributed by atoms with Gasteiger partial charge in [0.05, 0.1) is 6.10 Å². The molecule has 1 heterocycles. The quantitative estimate of drug-likeness (QED) is 0.482. The maximum absolute atomic E-state index is 14.7. The van der Waals surface area contributed by atoms with Crippen molar-refractivity contribution in [2.75, 3.05) is 7.05 Å². The Balaban J connectivity index is 1.58. The van der Waals surface area contributed by atoms with E-state index in [1.54, 1.807) is 4.90 Å². The van der Waals surface area contributed by atoms with Gasteiger partial charge in [-0.1, -0.05) is 34.6 Å². The predicted molar refractivity (Wildman–Crippen MR) is 123 cm³/mol. The summed E-state index contributed by atoms with van der Waals surface area (Å²) in [5, 5.41) is 0.236. The molecule has 8 atom stereocenters. The summed E-state index contributed by atoms with van der Waals surface area (Å²) in [4.78, 5) is 14.1. The minimum atomic E-state index is -1.80. The fourth-order valence-corrected chi connectivity index (χ4v) is 9.34. The average molecular weight is 438 g/mol. The van der Waals surface area contributed by atoms with Crippen molar-refractivity contribution < 1.29 is 13.6 Å². The van der Waals surface area contributed by atoms with Crippen LogP contribution in [-0.4, -0.2) is 44.5 Å². The van der Waals surface area contributed by atoms with Gasteiger partial charge < -0.3 is 9.33 Å². The molecule has 0 aromatic heterocycles. The summed E-state index contributed by atoms with van der Waals surface area (Å²) in [5.74, 6) is 1.59. The first-order chi connectivity index (χ1) is 13.7. The van der Waals surface area contributed by atoms with Crippen LogP contribution in [0, 0.1) is 28.6 Å². The SMILES string of the molecule is CN1C(=O)C(F)C[C@@]2(C)C1CC[C@@H]1[C@H]2CC[C@]2(C)C(O[Si](C)(C)C(C)(C)C)CC[C@@H]12. The number of halogens is 1. The minimum absolute atomic E-state index is 0.0787. The van der Waals surface area contributed by atoms with Crippen molar-refractivity contribution in [1.29, 1.82) is 0 Å². The topological polar surface area (TPSA) is 29.5 Å². The van der Waals surface area contributed by atoms with Gasteiger partial charge in [0, 0.05) is 13.1 Å². The second-order valence-corrected chi connectivity index (χ2v) is 17.8. The lowest BCUT2D eigenvalue weighted by atomic mass is 9.47. The van der Waals surface area contributed by atoms with Gasteiger partial charge in [0.2, 0.25) is 0 Å². The molecule has 3 unspecified atom stereocenters. The summed E-state index contributed by atoms with van der Waals surface area (Å²) in [7, 11) is 0.0369. The van der Waals surface area contributed by atoms with Gasteiger partial charge in [-0.3, -0.25) is 4.79 Å². The zero-order valence-electron chi connectivity index (χ0n) is 20.6. The molecule has 4 aliphatic rings.